The first-order chi connectivity index (χ1) is 7.75. The molecule has 16 heavy (non-hydrogen) atoms. The Kier molecular flexibility index (Phi) is 3.74. The van der Waals surface area contributed by atoms with Crippen molar-refractivity contribution in [2.45, 2.75) is 6.61 Å². The summed E-state index contributed by atoms with van der Waals surface area (Å²) in [5.74, 6) is 0.458. The van der Waals surface area contributed by atoms with E-state index in [0.717, 1.165) is 10.0 Å². The first-order valence-corrected chi connectivity index (χ1v) is 5.78. The van der Waals surface area contributed by atoms with Crippen molar-refractivity contribution in [2.75, 3.05) is 0 Å². The minimum atomic E-state index is 0.355. The smallest absolute Gasteiger partial charge is 0.233 e. The number of hydrogen-bond acceptors (Lipinski definition) is 3. The van der Waals surface area contributed by atoms with Crippen molar-refractivity contribution in [1.29, 1.82) is 0 Å². The number of benzene rings is 1. The Labute approximate surface area is 107 Å². The fourth-order valence-corrected chi connectivity index (χ4v) is 1.65. The number of rotatable bonds is 3. The number of hydrogen-bond donors (Lipinski definition) is 0. The average Bonchev–Trinajstić information content (AvgIpc) is 2.30. The molecule has 0 N–H and O–H groups in total. The van der Waals surface area contributed by atoms with Crippen molar-refractivity contribution in [2.24, 2.45) is 0 Å². The highest BCUT2D eigenvalue weighted by atomic mass is 79.9. The van der Waals surface area contributed by atoms with Gasteiger partial charge >= 0.3 is 0 Å². The molecule has 0 saturated carbocycles. The van der Waals surface area contributed by atoms with Crippen molar-refractivity contribution < 1.29 is 4.74 Å². The molecule has 2 rings (SSSR count). The van der Waals surface area contributed by atoms with Gasteiger partial charge in [0, 0.05) is 16.1 Å². The molecule has 1 heterocycles. The van der Waals surface area contributed by atoms with Gasteiger partial charge in [-0.3, -0.25) is 0 Å². The largest absolute Gasteiger partial charge is 0.472 e. The number of nitrogens with zero attached hydrogens (tertiary/aromatic N) is 2. The molecule has 0 amide bonds. The molecule has 0 unspecified atom stereocenters. The van der Waals surface area contributed by atoms with Crippen molar-refractivity contribution in [3.05, 3.63) is 51.6 Å². The Morgan fingerprint density at radius 1 is 1.12 bits per heavy atom. The molecule has 0 radical (unpaired) electrons. The summed E-state index contributed by atoms with van der Waals surface area (Å²) >= 11 is 9.06. The number of halogens is 2. The first-order valence-electron chi connectivity index (χ1n) is 4.61. The van der Waals surface area contributed by atoms with Crippen LogP contribution in [0.3, 0.4) is 0 Å². The van der Waals surface area contributed by atoms with Crippen molar-refractivity contribution >= 4 is 27.5 Å². The second kappa shape index (κ2) is 5.27. The van der Waals surface area contributed by atoms with E-state index >= 15 is 0 Å². The lowest BCUT2D eigenvalue weighted by molar-refractivity contribution is 0.289. The zero-order chi connectivity index (χ0) is 11.4. The van der Waals surface area contributed by atoms with E-state index in [0.29, 0.717) is 17.6 Å². The van der Waals surface area contributed by atoms with Gasteiger partial charge in [0.15, 0.2) is 5.15 Å². The third-order valence-electron chi connectivity index (χ3n) is 1.94. The predicted octanol–water partition coefficient (Wildman–Crippen LogP) is 3.47. The fourth-order valence-electron chi connectivity index (χ4n) is 1.15. The summed E-state index contributed by atoms with van der Waals surface area (Å²) < 4.78 is 6.48. The molecule has 0 atom stereocenters. The Morgan fingerprint density at radius 2 is 1.94 bits per heavy atom. The summed E-state index contributed by atoms with van der Waals surface area (Å²) in [6.45, 7) is 0.442. The highest BCUT2D eigenvalue weighted by Gasteiger charge is 2.01. The zero-order valence-electron chi connectivity index (χ0n) is 8.23. The molecule has 0 saturated heterocycles. The van der Waals surface area contributed by atoms with Gasteiger partial charge in [-0.15, -0.1) is 10.2 Å². The van der Waals surface area contributed by atoms with Gasteiger partial charge in [0.25, 0.3) is 0 Å². The van der Waals surface area contributed by atoms with Gasteiger partial charge in [-0.1, -0.05) is 45.7 Å². The van der Waals surface area contributed by atoms with Crippen LogP contribution in [0.25, 0.3) is 0 Å². The van der Waals surface area contributed by atoms with Gasteiger partial charge < -0.3 is 4.74 Å². The molecule has 0 aliphatic carbocycles. The molecule has 1 aromatic heterocycles. The molecule has 2 aromatic rings. The molecule has 5 heteroatoms. The summed E-state index contributed by atoms with van der Waals surface area (Å²) in [6, 6.07) is 11.2. The van der Waals surface area contributed by atoms with Gasteiger partial charge in [-0.2, -0.15) is 0 Å². The summed E-state index contributed by atoms with van der Waals surface area (Å²) in [5.41, 5.74) is 1.05. The summed E-state index contributed by atoms with van der Waals surface area (Å²) in [5, 5.41) is 7.85. The summed E-state index contributed by atoms with van der Waals surface area (Å²) in [7, 11) is 0. The number of ether oxygens (including phenoxy) is 1. The van der Waals surface area contributed by atoms with Gasteiger partial charge in [0.2, 0.25) is 5.88 Å². The van der Waals surface area contributed by atoms with Crippen molar-refractivity contribution in [1.82, 2.24) is 10.2 Å². The van der Waals surface area contributed by atoms with Crippen LogP contribution in [0.2, 0.25) is 5.15 Å². The van der Waals surface area contributed by atoms with E-state index in [1.165, 1.54) is 0 Å². The summed E-state index contributed by atoms with van der Waals surface area (Å²) in [6.07, 6.45) is 0. The Balaban J connectivity index is 2.02. The molecule has 82 valence electrons. The van der Waals surface area contributed by atoms with Crippen molar-refractivity contribution in [3.8, 4) is 5.88 Å². The van der Waals surface area contributed by atoms with Crippen LogP contribution in [0, 0.1) is 0 Å². The number of aromatic nitrogens is 2. The minimum absolute atomic E-state index is 0.355. The van der Waals surface area contributed by atoms with E-state index in [1.54, 1.807) is 12.1 Å². The van der Waals surface area contributed by atoms with Crippen LogP contribution in [0.1, 0.15) is 5.56 Å². The van der Waals surface area contributed by atoms with Gasteiger partial charge in [-0.25, -0.2) is 0 Å². The average molecular weight is 300 g/mol. The molecule has 0 fully saturated rings. The van der Waals surface area contributed by atoms with E-state index in [9.17, 15) is 0 Å². The lowest BCUT2D eigenvalue weighted by Gasteiger charge is -2.05. The Morgan fingerprint density at radius 3 is 2.62 bits per heavy atom. The van der Waals surface area contributed by atoms with E-state index in [4.69, 9.17) is 16.3 Å². The highest BCUT2D eigenvalue weighted by Crippen LogP contribution is 2.18. The standard InChI is InChI=1S/C11H8BrClN2O/c12-9-4-2-1-3-8(9)7-16-11-6-5-10(13)14-15-11/h1-6H,7H2. The van der Waals surface area contributed by atoms with Crippen LogP contribution in [0.15, 0.2) is 40.9 Å². The molecule has 0 aliphatic rings. The maximum atomic E-state index is 5.62. The lowest BCUT2D eigenvalue weighted by atomic mass is 10.2. The molecular formula is C11H8BrClN2O. The lowest BCUT2D eigenvalue weighted by Crippen LogP contribution is -1.98. The van der Waals surface area contributed by atoms with Crippen molar-refractivity contribution in [3.63, 3.8) is 0 Å². The Hall–Kier alpha value is -1.13. The van der Waals surface area contributed by atoms with E-state index in [2.05, 4.69) is 26.1 Å². The second-order valence-corrected chi connectivity index (χ2v) is 4.32. The van der Waals surface area contributed by atoms with Gasteiger partial charge in [-0.05, 0) is 12.1 Å². The SMILES string of the molecule is Clc1ccc(OCc2ccccc2Br)nn1. The molecule has 0 spiro atoms. The van der Waals surface area contributed by atoms with Gasteiger partial charge in [0.05, 0.1) is 0 Å². The molecular weight excluding hydrogens is 291 g/mol. The minimum Gasteiger partial charge on any atom is -0.472 e. The van der Waals surface area contributed by atoms with Crippen LogP contribution in [0.5, 0.6) is 5.88 Å². The Bertz CT molecular complexity index is 476. The maximum absolute atomic E-state index is 5.62. The molecule has 0 aliphatic heterocycles. The monoisotopic (exact) mass is 298 g/mol. The zero-order valence-corrected chi connectivity index (χ0v) is 10.6. The predicted molar refractivity (Wildman–Crippen MR) is 65.5 cm³/mol. The first kappa shape index (κ1) is 11.4. The topological polar surface area (TPSA) is 35.0 Å². The summed E-state index contributed by atoms with van der Waals surface area (Å²) in [4.78, 5) is 0. The highest BCUT2D eigenvalue weighted by molar-refractivity contribution is 9.10. The van der Waals surface area contributed by atoms with E-state index in [-0.39, 0.29) is 0 Å². The normalized spacial score (nSPS) is 10.1. The van der Waals surface area contributed by atoms with Crippen LogP contribution >= 0.6 is 27.5 Å². The molecule has 1 aromatic carbocycles. The molecule has 3 nitrogen and oxygen atoms in total. The van der Waals surface area contributed by atoms with E-state index < -0.39 is 0 Å². The van der Waals surface area contributed by atoms with Crippen LogP contribution in [-0.2, 0) is 6.61 Å². The van der Waals surface area contributed by atoms with Crippen LogP contribution in [0.4, 0.5) is 0 Å². The third kappa shape index (κ3) is 2.93. The second-order valence-electron chi connectivity index (χ2n) is 3.07. The van der Waals surface area contributed by atoms with Crippen LogP contribution in [-0.4, -0.2) is 10.2 Å². The van der Waals surface area contributed by atoms with Gasteiger partial charge in [0.1, 0.15) is 6.61 Å². The third-order valence-corrected chi connectivity index (χ3v) is 2.92. The maximum Gasteiger partial charge on any atom is 0.233 e. The van der Waals surface area contributed by atoms with Crippen LogP contribution < -0.4 is 4.74 Å². The molecule has 0 bridgehead atoms. The van der Waals surface area contributed by atoms with E-state index in [1.807, 2.05) is 24.3 Å². The quantitative estimate of drug-likeness (QED) is 0.870. The fraction of sp³-hybridized carbons (Fsp3) is 0.0909.